The Labute approximate surface area is 152 Å². The molecule has 3 N–H and O–H groups in total. The van der Waals surface area contributed by atoms with Gasteiger partial charge in [-0.05, 0) is 60.7 Å². The molecule has 0 bridgehead atoms. The van der Waals surface area contributed by atoms with Crippen LogP contribution in [0.3, 0.4) is 0 Å². The number of hydrogen-bond acceptors (Lipinski definition) is 2. The molecule has 2 aromatic rings. The summed E-state index contributed by atoms with van der Waals surface area (Å²) in [6.45, 7) is 1.08. The summed E-state index contributed by atoms with van der Waals surface area (Å²) in [6.07, 6.45) is 7.56. The lowest BCUT2D eigenvalue weighted by molar-refractivity contribution is -0.695. The Bertz CT molecular complexity index is 653. The van der Waals surface area contributed by atoms with Crippen LogP contribution in [0.5, 0.6) is 5.75 Å². The van der Waals surface area contributed by atoms with E-state index in [1.807, 2.05) is 18.2 Å². The van der Waals surface area contributed by atoms with Gasteiger partial charge in [0.25, 0.3) is 0 Å². The van der Waals surface area contributed by atoms with Gasteiger partial charge in [-0.3, -0.25) is 0 Å². The van der Waals surface area contributed by atoms with Crippen LogP contribution in [0.2, 0.25) is 0 Å². The number of quaternary nitrogens is 1. The van der Waals surface area contributed by atoms with Crippen LogP contribution in [0.1, 0.15) is 38.5 Å². The smallest absolute Gasteiger partial charge is 0.137 e. The molecule has 0 heterocycles. The van der Waals surface area contributed by atoms with E-state index in [-0.39, 0.29) is 0 Å². The number of nitrogens with two attached hydrogens (primary N) is 1. The fraction of sp³-hybridized carbons (Fsp3) is 0.500. The van der Waals surface area contributed by atoms with Crippen LogP contribution in [0, 0.1) is 0 Å². The Morgan fingerprint density at radius 2 is 1.75 bits per heavy atom. The summed E-state index contributed by atoms with van der Waals surface area (Å²) in [5, 5.41) is 14.8. The first kappa shape index (κ1) is 17.7. The monoisotopic (exact) mass is 392 g/mol. The molecule has 130 valence electrons. The summed E-state index contributed by atoms with van der Waals surface area (Å²) in [5.74, 6) is 0.818. The molecule has 3 nitrogen and oxygen atoms in total. The van der Waals surface area contributed by atoms with Crippen molar-refractivity contribution in [2.24, 2.45) is 0 Å². The zero-order valence-electron chi connectivity index (χ0n) is 14.1. The highest BCUT2D eigenvalue weighted by molar-refractivity contribution is 9.10. The Balaban J connectivity index is 1.47. The van der Waals surface area contributed by atoms with Crippen LogP contribution in [0.25, 0.3) is 10.8 Å². The molecule has 0 radical (unpaired) electrons. The van der Waals surface area contributed by atoms with E-state index in [1.54, 1.807) is 0 Å². The van der Waals surface area contributed by atoms with E-state index in [2.05, 4.69) is 39.4 Å². The Morgan fingerprint density at radius 3 is 2.54 bits per heavy atom. The molecule has 2 aromatic carbocycles. The fourth-order valence-corrected chi connectivity index (χ4v) is 3.82. The quantitative estimate of drug-likeness (QED) is 0.737. The molecule has 0 spiro atoms. The van der Waals surface area contributed by atoms with E-state index in [9.17, 15) is 5.11 Å². The summed E-state index contributed by atoms with van der Waals surface area (Å²) in [7, 11) is 0. The number of benzene rings is 2. The van der Waals surface area contributed by atoms with Crippen molar-refractivity contribution in [3.05, 3.63) is 40.9 Å². The van der Waals surface area contributed by atoms with Crippen LogP contribution >= 0.6 is 15.9 Å². The largest absolute Gasteiger partial charge is 0.491 e. The molecule has 1 saturated carbocycles. The van der Waals surface area contributed by atoms with Crippen LogP contribution in [-0.2, 0) is 0 Å². The molecule has 0 amide bonds. The molecular weight excluding hydrogens is 366 g/mol. The molecule has 0 aromatic heterocycles. The van der Waals surface area contributed by atoms with Crippen molar-refractivity contribution in [3.8, 4) is 5.75 Å². The predicted molar refractivity (Wildman–Crippen MR) is 101 cm³/mol. The molecule has 1 atom stereocenters. The minimum atomic E-state index is -0.422. The molecule has 0 aliphatic heterocycles. The van der Waals surface area contributed by atoms with Crippen LogP contribution in [0.4, 0.5) is 0 Å². The van der Waals surface area contributed by atoms with Crippen LogP contribution in [0.15, 0.2) is 40.9 Å². The van der Waals surface area contributed by atoms with Crippen molar-refractivity contribution in [2.75, 3.05) is 13.2 Å². The third-order valence-corrected chi connectivity index (χ3v) is 5.35. The standard InChI is InChI=1S/C20H26BrNO2/c21-17-9-7-16-12-20(10-8-15(16)11-17)24-14-19(23)13-22-18-5-3-1-2-4-6-18/h7-12,18-19,22-23H,1-6,13-14H2/p+1/t19-/m0/s1. The van der Waals surface area contributed by atoms with Gasteiger partial charge < -0.3 is 15.2 Å². The normalized spacial score (nSPS) is 17.6. The average molecular weight is 393 g/mol. The molecule has 0 saturated heterocycles. The van der Waals surface area contributed by atoms with Gasteiger partial charge in [0.05, 0.1) is 6.04 Å². The summed E-state index contributed by atoms with van der Waals surface area (Å²) in [6, 6.07) is 12.9. The Hall–Kier alpha value is -1.10. The van der Waals surface area contributed by atoms with Crippen molar-refractivity contribution in [1.29, 1.82) is 0 Å². The molecule has 24 heavy (non-hydrogen) atoms. The lowest BCUT2D eigenvalue weighted by atomic mass is 10.1. The first-order valence-electron chi connectivity index (χ1n) is 9.04. The number of aliphatic hydroxyl groups is 1. The second-order valence-corrected chi connectivity index (χ2v) is 7.76. The predicted octanol–water partition coefficient (Wildman–Crippen LogP) is 3.63. The summed E-state index contributed by atoms with van der Waals surface area (Å²) in [5.41, 5.74) is 0. The molecular formula is C20H27BrNO2+. The first-order chi connectivity index (χ1) is 11.7. The topological polar surface area (TPSA) is 46.1 Å². The minimum Gasteiger partial charge on any atom is -0.491 e. The van der Waals surface area contributed by atoms with Crippen LogP contribution in [-0.4, -0.2) is 30.4 Å². The molecule has 1 aliphatic carbocycles. The fourth-order valence-electron chi connectivity index (χ4n) is 3.44. The van der Waals surface area contributed by atoms with Gasteiger partial charge in [0.15, 0.2) is 0 Å². The van der Waals surface area contributed by atoms with E-state index in [1.165, 1.54) is 43.9 Å². The van der Waals surface area contributed by atoms with E-state index >= 15 is 0 Å². The Morgan fingerprint density at radius 1 is 1.04 bits per heavy atom. The van der Waals surface area contributed by atoms with Gasteiger partial charge in [-0.1, -0.05) is 40.9 Å². The molecule has 3 rings (SSSR count). The number of halogens is 1. The number of aliphatic hydroxyl groups excluding tert-OH is 1. The third kappa shape index (κ3) is 5.20. The van der Waals surface area contributed by atoms with Gasteiger partial charge in [0.1, 0.15) is 25.0 Å². The van der Waals surface area contributed by atoms with Crippen LogP contribution < -0.4 is 10.1 Å². The number of hydrogen-bond donors (Lipinski definition) is 2. The SMILES string of the molecule is O[C@@H](C[NH2+]C1CCCCCC1)COc1ccc2cc(Br)ccc2c1. The van der Waals surface area contributed by atoms with Gasteiger partial charge >= 0.3 is 0 Å². The Kier molecular flexibility index (Phi) is 6.52. The van der Waals surface area contributed by atoms with Crippen molar-refractivity contribution >= 4 is 26.7 Å². The second-order valence-electron chi connectivity index (χ2n) is 6.84. The third-order valence-electron chi connectivity index (χ3n) is 4.86. The molecule has 1 fully saturated rings. The zero-order valence-corrected chi connectivity index (χ0v) is 15.7. The van der Waals surface area contributed by atoms with Crippen molar-refractivity contribution < 1.29 is 15.2 Å². The molecule has 1 aliphatic rings. The van der Waals surface area contributed by atoms with Crippen molar-refractivity contribution in [2.45, 2.75) is 50.7 Å². The van der Waals surface area contributed by atoms with E-state index in [0.29, 0.717) is 12.6 Å². The maximum atomic E-state index is 10.2. The van der Waals surface area contributed by atoms with E-state index in [4.69, 9.17) is 4.74 Å². The summed E-state index contributed by atoms with van der Waals surface area (Å²) >= 11 is 3.49. The highest BCUT2D eigenvalue weighted by Crippen LogP contribution is 2.24. The highest BCUT2D eigenvalue weighted by atomic mass is 79.9. The maximum Gasteiger partial charge on any atom is 0.137 e. The average Bonchev–Trinajstić information content (AvgIpc) is 2.87. The van der Waals surface area contributed by atoms with Gasteiger partial charge in [-0.25, -0.2) is 0 Å². The lowest BCUT2D eigenvalue weighted by Gasteiger charge is -2.16. The van der Waals surface area contributed by atoms with E-state index in [0.717, 1.165) is 22.2 Å². The van der Waals surface area contributed by atoms with E-state index < -0.39 is 6.10 Å². The lowest BCUT2D eigenvalue weighted by Crippen LogP contribution is -2.91. The van der Waals surface area contributed by atoms with Gasteiger partial charge in [0, 0.05) is 4.47 Å². The minimum absolute atomic E-state index is 0.352. The van der Waals surface area contributed by atoms with Gasteiger partial charge in [0.2, 0.25) is 0 Å². The highest BCUT2D eigenvalue weighted by Gasteiger charge is 2.17. The number of rotatable bonds is 6. The second kappa shape index (κ2) is 8.84. The van der Waals surface area contributed by atoms with Gasteiger partial charge in [-0.2, -0.15) is 0 Å². The van der Waals surface area contributed by atoms with Gasteiger partial charge in [-0.15, -0.1) is 0 Å². The molecule has 0 unspecified atom stereocenters. The summed E-state index contributed by atoms with van der Waals surface area (Å²) < 4.78 is 6.87. The molecule has 4 heteroatoms. The number of fused-ring (bicyclic) bond motifs is 1. The van der Waals surface area contributed by atoms with Crippen molar-refractivity contribution in [1.82, 2.24) is 0 Å². The summed E-state index contributed by atoms with van der Waals surface area (Å²) in [4.78, 5) is 0. The first-order valence-corrected chi connectivity index (χ1v) is 9.83. The van der Waals surface area contributed by atoms with Crippen molar-refractivity contribution in [3.63, 3.8) is 0 Å². The maximum absolute atomic E-state index is 10.2. The zero-order chi connectivity index (χ0) is 16.8. The number of ether oxygens (including phenoxy) is 1.